The van der Waals surface area contributed by atoms with Crippen LogP contribution in [0, 0.1) is 0 Å². The Morgan fingerprint density at radius 1 is 1.09 bits per heavy atom. The van der Waals surface area contributed by atoms with Gasteiger partial charge in [-0.2, -0.15) is 0 Å². The van der Waals surface area contributed by atoms with Crippen molar-refractivity contribution in [3.63, 3.8) is 0 Å². The summed E-state index contributed by atoms with van der Waals surface area (Å²) in [5.74, 6) is 0.263. The van der Waals surface area contributed by atoms with Crippen molar-refractivity contribution in [2.75, 3.05) is 12.9 Å². The molecule has 2 aromatic rings. The highest BCUT2D eigenvalue weighted by Crippen LogP contribution is 2.40. The van der Waals surface area contributed by atoms with Crippen LogP contribution in [0.25, 0.3) is 0 Å². The number of carbonyl (C=O) groups is 3. The largest absolute Gasteiger partial charge is 0.497 e. The zero-order valence-electron chi connectivity index (χ0n) is 17.9. The zero-order valence-corrected chi connectivity index (χ0v) is 18.7. The van der Waals surface area contributed by atoms with E-state index in [1.807, 2.05) is 49.4 Å². The topological polar surface area (TPSA) is 84.9 Å². The SMILES string of the molecule is COc1ccc(COC(=O)C2=C(C)CS[C@@H]3C(NC(=O)Cc4ccccc4)C(=O)N23)cc1. The summed E-state index contributed by atoms with van der Waals surface area (Å²) in [6.07, 6.45) is 0.202. The van der Waals surface area contributed by atoms with Gasteiger partial charge in [0.15, 0.2) is 0 Å². The molecule has 2 aliphatic rings. The fourth-order valence-corrected chi connectivity index (χ4v) is 5.00. The van der Waals surface area contributed by atoms with Crippen molar-refractivity contribution in [2.24, 2.45) is 0 Å². The predicted octanol–water partition coefficient (Wildman–Crippen LogP) is 2.66. The standard InChI is InChI=1S/C24H24N2O5S/c1-15-14-32-23-20(25-19(27)12-16-6-4-3-5-7-16)22(28)26(23)21(15)24(29)31-13-17-8-10-18(30-2)11-9-17/h3-11,20,23H,12-14H2,1-2H3,(H,25,27)/t20?,23-/m1/s1. The third-order valence-corrected chi connectivity index (χ3v) is 6.83. The molecule has 1 saturated heterocycles. The first-order chi connectivity index (χ1) is 15.5. The summed E-state index contributed by atoms with van der Waals surface area (Å²) in [5.41, 5.74) is 2.76. The molecule has 0 aliphatic carbocycles. The third-order valence-electron chi connectivity index (χ3n) is 5.41. The van der Waals surface area contributed by atoms with Crippen molar-refractivity contribution in [1.82, 2.24) is 10.2 Å². The van der Waals surface area contributed by atoms with E-state index < -0.39 is 12.0 Å². The summed E-state index contributed by atoms with van der Waals surface area (Å²) in [4.78, 5) is 39.5. The summed E-state index contributed by atoms with van der Waals surface area (Å²) >= 11 is 1.53. The highest BCUT2D eigenvalue weighted by Gasteiger charge is 2.53. The number of rotatable bonds is 7. The van der Waals surface area contributed by atoms with Gasteiger partial charge >= 0.3 is 5.97 Å². The van der Waals surface area contributed by atoms with Crippen molar-refractivity contribution in [2.45, 2.75) is 31.4 Å². The molecule has 1 unspecified atom stereocenters. The minimum Gasteiger partial charge on any atom is -0.497 e. The number of hydrogen-bond acceptors (Lipinski definition) is 6. The number of β-lactam (4-membered cyclic amide) rings is 1. The molecule has 0 aromatic heterocycles. The van der Waals surface area contributed by atoms with E-state index in [0.29, 0.717) is 5.75 Å². The van der Waals surface area contributed by atoms with Gasteiger partial charge in [-0.05, 0) is 35.8 Å². The van der Waals surface area contributed by atoms with Crippen LogP contribution in [0.15, 0.2) is 65.9 Å². The van der Waals surface area contributed by atoms with E-state index in [0.717, 1.165) is 22.4 Å². The number of esters is 1. The predicted molar refractivity (Wildman–Crippen MR) is 121 cm³/mol. The van der Waals surface area contributed by atoms with Gasteiger partial charge in [0, 0.05) is 5.75 Å². The maximum absolute atomic E-state index is 12.8. The first-order valence-electron chi connectivity index (χ1n) is 10.3. The Kier molecular flexibility index (Phi) is 6.50. The Morgan fingerprint density at radius 2 is 1.81 bits per heavy atom. The van der Waals surface area contributed by atoms with E-state index in [1.54, 1.807) is 19.2 Å². The second-order valence-electron chi connectivity index (χ2n) is 7.67. The molecule has 0 saturated carbocycles. The van der Waals surface area contributed by atoms with Crippen LogP contribution in [0.1, 0.15) is 18.1 Å². The Labute approximate surface area is 190 Å². The van der Waals surface area contributed by atoms with Crippen molar-refractivity contribution >= 4 is 29.5 Å². The quantitative estimate of drug-likeness (QED) is 0.514. The summed E-state index contributed by atoms with van der Waals surface area (Å²) in [6.45, 7) is 1.92. The number of fused-ring (bicyclic) bond motifs is 1. The number of nitrogens with zero attached hydrogens (tertiary/aromatic N) is 1. The number of carbonyl (C=O) groups excluding carboxylic acids is 3. The molecular weight excluding hydrogens is 428 g/mol. The average molecular weight is 453 g/mol. The average Bonchev–Trinajstić information content (AvgIpc) is 2.81. The molecule has 32 heavy (non-hydrogen) atoms. The lowest BCUT2D eigenvalue weighted by atomic mass is 10.0. The van der Waals surface area contributed by atoms with Crippen LogP contribution in [-0.2, 0) is 32.1 Å². The number of amides is 2. The van der Waals surface area contributed by atoms with Gasteiger partial charge in [0.05, 0.1) is 13.5 Å². The first kappa shape index (κ1) is 22.0. The van der Waals surface area contributed by atoms with Gasteiger partial charge < -0.3 is 14.8 Å². The molecule has 2 atom stereocenters. The van der Waals surface area contributed by atoms with E-state index in [9.17, 15) is 14.4 Å². The van der Waals surface area contributed by atoms with E-state index in [1.165, 1.54) is 16.7 Å². The summed E-state index contributed by atoms with van der Waals surface area (Å²) < 4.78 is 10.6. The maximum Gasteiger partial charge on any atom is 0.355 e. The van der Waals surface area contributed by atoms with Crippen LogP contribution in [0.2, 0.25) is 0 Å². The second-order valence-corrected chi connectivity index (χ2v) is 8.78. The van der Waals surface area contributed by atoms with Crippen molar-refractivity contribution in [3.8, 4) is 5.75 Å². The van der Waals surface area contributed by atoms with E-state index in [2.05, 4.69) is 5.32 Å². The molecule has 1 N–H and O–H groups in total. The monoisotopic (exact) mass is 452 g/mol. The minimum absolute atomic E-state index is 0.0939. The lowest BCUT2D eigenvalue weighted by Gasteiger charge is -2.49. The maximum atomic E-state index is 12.8. The molecule has 1 fully saturated rings. The Hall–Kier alpha value is -3.26. The van der Waals surface area contributed by atoms with Gasteiger partial charge in [-0.25, -0.2) is 4.79 Å². The highest BCUT2D eigenvalue weighted by atomic mass is 32.2. The van der Waals surface area contributed by atoms with Crippen LogP contribution in [-0.4, -0.2) is 47.0 Å². The lowest BCUT2D eigenvalue weighted by molar-refractivity contribution is -0.153. The van der Waals surface area contributed by atoms with Gasteiger partial charge in [0.25, 0.3) is 5.91 Å². The van der Waals surface area contributed by atoms with Gasteiger partial charge in [0.1, 0.15) is 29.5 Å². The van der Waals surface area contributed by atoms with E-state index in [4.69, 9.17) is 9.47 Å². The zero-order chi connectivity index (χ0) is 22.7. The van der Waals surface area contributed by atoms with Crippen LogP contribution in [0.3, 0.4) is 0 Å². The summed E-state index contributed by atoms with van der Waals surface area (Å²) in [7, 11) is 1.59. The molecule has 2 aromatic carbocycles. The molecule has 166 valence electrons. The van der Waals surface area contributed by atoms with E-state index in [-0.39, 0.29) is 35.9 Å². The van der Waals surface area contributed by atoms with Crippen LogP contribution >= 0.6 is 11.8 Å². The first-order valence-corrected chi connectivity index (χ1v) is 11.3. The molecule has 2 aliphatic heterocycles. The van der Waals surface area contributed by atoms with Gasteiger partial charge in [-0.3, -0.25) is 14.5 Å². The highest BCUT2D eigenvalue weighted by molar-refractivity contribution is 8.00. The molecule has 8 heteroatoms. The smallest absolute Gasteiger partial charge is 0.355 e. The Bertz CT molecular complexity index is 1050. The molecule has 2 amide bonds. The lowest BCUT2D eigenvalue weighted by Crippen LogP contribution is -2.70. The number of thioether (sulfide) groups is 1. The fourth-order valence-electron chi connectivity index (χ4n) is 3.71. The van der Waals surface area contributed by atoms with Crippen molar-refractivity contribution in [1.29, 1.82) is 0 Å². The number of hydrogen-bond donors (Lipinski definition) is 1. The summed E-state index contributed by atoms with van der Waals surface area (Å²) in [6, 6.07) is 15.9. The van der Waals surface area contributed by atoms with Gasteiger partial charge in [-0.1, -0.05) is 42.5 Å². The minimum atomic E-state index is -0.645. The second kappa shape index (κ2) is 9.48. The Morgan fingerprint density at radius 3 is 2.50 bits per heavy atom. The molecule has 0 spiro atoms. The van der Waals surface area contributed by atoms with Gasteiger partial charge in [-0.15, -0.1) is 11.8 Å². The number of methoxy groups -OCH3 is 1. The molecule has 4 rings (SSSR count). The third kappa shape index (κ3) is 4.50. The normalized spacial score (nSPS) is 19.7. The van der Waals surface area contributed by atoms with E-state index >= 15 is 0 Å². The van der Waals surface area contributed by atoms with Crippen LogP contribution in [0.4, 0.5) is 0 Å². The van der Waals surface area contributed by atoms with Crippen molar-refractivity contribution < 1.29 is 23.9 Å². The Balaban J connectivity index is 1.37. The summed E-state index contributed by atoms with van der Waals surface area (Å²) in [5, 5.41) is 2.51. The number of nitrogens with one attached hydrogen (secondary N) is 1. The van der Waals surface area contributed by atoms with Crippen molar-refractivity contribution in [3.05, 3.63) is 77.0 Å². The molecule has 2 heterocycles. The van der Waals surface area contributed by atoms with Crippen LogP contribution in [0.5, 0.6) is 5.75 Å². The number of ether oxygens (including phenoxy) is 2. The fraction of sp³-hybridized carbons (Fsp3) is 0.292. The molecule has 0 radical (unpaired) electrons. The molecular formula is C24H24N2O5S. The van der Waals surface area contributed by atoms with Crippen LogP contribution < -0.4 is 10.1 Å². The molecule has 7 nitrogen and oxygen atoms in total. The van der Waals surface area contributed by atoms with Gasteiger partial charge in [0.2, 0.25) is 5.91 Å². The number of benzene rings is 2. The molecule has 0 bridgehead atoms.